The minimum atomic E-state index is -0.589. The number of methoxy groups -OCH3 is 2. The van der Waals surface area contributed by atoms with Crippen molar-refractivity contribution in [1.29, 1.82) is 0 Å². The van der Waals surface area contributed by atoms with Crippen LogP contribution in [-0.2, 0) is 16.1 Å². The second kappa shape index (κ2) is 14.5. The zero-order valence-electron chi connectivity index (χ0n) is 24.6. The highest BCUT2D eigenvalue weighted by Crippen LogP contribution is 2.26. The van der Waals surface area contributed by atoms with Crippen LogP contribution in [0.2, 0.25) is 0 Å². The van der Waals surface area contributed by atoms with Crippen LogP contribution >= 0.6 is 0 Å². The van der Waals surface area contributed by atoms with Gasteiger partial charge in [0.2, 0.25) is 0 Å². The van der Waals surface area contributed by atoms with E-state index in [0.29, 0.717) is 23.6 Å². The van der Waals surface area contributed by atoms with Crippen LogP contribution in [0.4, 0.5) is 0 Å². The molecule has 6 nitrogen and oxygen atoms in total. The predicted molar refractivity (Wildman–Crippen MR) is 163 cm³/mol. The van der Waals surface area contributed by atoms with Gasteiger partial charge in [-0.1, -0.05) is 56.2 Å². The van der Waals surface area contributed by atoms with Gasteiger partial charge in [-0.25, -0.2) is 4.79 Å². The minimum Gasteiger partial charge on any atom is -0.497 e. The summed E-state index contributed by atoms with van der Waals surface area (Å²) in [6.07, 6.45) is 3.10. The molecule has 1 amide bonds. The molecular formula is C35H40N2O4. The number of hydrogen-bond donors (Lipinski definition) is 0. The second-order valence-electron chi connectivity index (χ2n) is 10.9. The quantitative estimate of drug-likeness (QED) is 0.239. The Kier molecular flexibility index (Phi) is 10.6. The molecule has 1 aliphatic heterocycles. The van der Waals surface area contributed by atoms with Crippen molar-refractivity contribution in [3.63, 3.8) is 0 Å². The molecule has 4 rings (SSSR count). The fourth-order valence-electron chi connectivity index (χ4n) is 5.08. The molecule has 3 aromatic carbocycles. The molecule has 1 saturated heterocycles. The lowest BCUT2D eigenvalue weighted by molar-refractivity contribution is -0.133. The molecule has 0 atom stereocenters. The SMILES string of the molecule is COC(=O)C#Cc1ccc(C(=O)N(Cc2ccc(-c3ccc(OC)cc3)cc2)C2CCN(CCC(C)C)CC2)cc1. The van der Waals surface area contributed by atoms with Crippen LogP contribution in [0, 0.1) is 17.8 Å². The lowest BCUT2D eigenvalue weighted by atomic mass is 9.99. The van der Waals surface area contributed by atoms with E-state index in [9.17, 15) is 9.59 Å². The number of carbonyl (C=O) groups excluding carboxylic acids is 2. The first-order valence-corrected chi connectivity index (χ1v) is 14.3. The number of ether oxygens (including phenoxy) is 2. The Morgan fingerprint density at radius 3 is 2.07 bits per heavy atom. The van der Waals surface area contributed by atoms with Crippen LogP contribution in [0.5, 0.6) is 5.75 Å². The van der Waals surface area contributed by atoms with Gasteiger partial charge in [-0.2, -0.15) is 0 Å². The fourth-order valence-corrected chi connectivity index (χ4v) is 5.08. The van der Waals surface area contributed by atoms with Gasteiger partial charge >= 0.3 is 5.97 Å². The average molecular weight is 553 g/mol. The highest BCUT2D eigenvalue weighted by Gasteiger charge is 2.29. The lowest BCUT2D eigenvalue weighted by Crippen LogP contribution is -2.47. The zero-order chi connectivity index (χ0) is 29.2. The Bertz CT molecular complexity index is 1340. The number of likely N-dealkylation sites (tertiary alicyclic amines) is 1. The van der Waals surface area contributed by atoms with Gasteiger partial charge in [0.1, 0.15) is 5.75 Å². The van der Waals surface area contributed by atoms with Crippen molar-refractivity contribution in [3.8, 4) is 28.7 Å². The van der Waals surface area contributed by atoms with Gasteiger partial charge in [0.05, 0.1) is 14.2 Å². The largest absolute Gasteiger partial charge is 0.497 e. The van der Waals surface area contributed by atoms with Gasteiger partial charge in [0, 0.05) is 42.7 Å². The Hall–Kier alpha value is -4.08. The average Bonchev–Trinajstić information content (AvgIpc) is 3.02. The summed E-state index contributed by atoms with van der Waals surface area (Å²) in [5.41, 5.74) is 4.61. The van der Waals surface area contributed by atoms with Crippen molar-refractivity contribution in [1.82, 2.24) is 9.80 Å². The van der Waals surface area contributed by atoms with E-state index < -0.39 is 5.97 Å². The number of esters is 1. The summed E-state index contributed by atoms with van der Waals surface area (Å²) in [5.74, 6) is 6.15. The Balaban J connectivity index is 1.51. The number of nitrogens with zero attached hydrogens (tertiary/aromatic N) is 2. The van der Waals surface area contributed by atoms with Crippen molar-refractivity contribution in [2.24, 2.45) is 5.92 Å². The molecule has 1 aliphatic rings. The smallest absolute Gasteiger partial charge is 0.384 e. The highest BCUT2D eigenvalue weighted by atomic mass is 16.5. The summed E-state index contributed by atoms with van der Waals surface area (Å²) in [4.78, 5) is 29.8. The third-order valence-electron chi connectivity index (χ3n) is 7.64. The number of rotatable bonds is 9. The van der Waals surface area contributed by atoms with E-state index in [-0.39, 0.29) is 11.9 Å². The van der Waals surface area contributed by atoms with Crippen LogP contribution < -0.4 is 4.74 Å². The monoisotopic (exact) mass is 552 g/mol. The van der Waals surface area contributed by atoms with Gasteiger partial charge in [-0.05, 0) is 84.8 Å². The molecule has 0 aliphatic carbocycles. The van der Waals surface area contributed by atoms with E-state index in [1.54, 1.807) is 31.4 Å². The molecule has 1 heterocycles. The van der Waals surface area contributed by atoms with Gasteiger partial charge in [0.25, 0.3) is 5.91 Å². The Morgan fingerprint density at radius 2 is 1.51 bits per heavy atom. The van der Waals surface area contributed by atoms with E-state index >= 15 is 0 Å². The molecule has 0 N–H and O–H groups in total. The summed E-state index contributed by atoms with van der Waals surface area (Å²) in [7, 11) is 2.97. The number of benzene rings is 3. The molecule has 1 fully saturated rings. The van der Waals surface area contributed by atoms with E-state index in [0.717, 1.165) is 54.9 Å². The van der Waals surface area contributed by atoms with Crippen molar-refractivity contribution < 1.29 is 19.1 Å². The molecule has 0 spiro atoms. The van der Waals surface area contributed by atoms with Gasteiger partial charge < -0.3 is 19.3 Å². The molecule has 0 aromatic heterocycles. The van der Waals surface area contributed by atoms with E-state index in [1.165, 1.54) is 13.5 Å². The molecule has 0 unspecified atom stereocenters. The summed E-state index contributed by atoms with van der Waals surface area (Å²) >= 11 is 0. The lowest BCUT2D eigenvalue weighted by Gasteiger charge is -2.39. The molecule has 214 valence electrons. The zero-order valence-corrected chi connectivity index (χ0v) is 24.6. The van der Waals surface area contributed by atoms with Gasteiger partial charge in [0.15, 0.2) is 0 Å². The molecule has 0 bridgehead atoms. The topological polar surface area (TPSA) is 59.1 Å². The van der Waals surface area contributed by atoms with Crippen LogP contribution in [0.1, 0.15) is 54.6 Å². The maximum Gasteiger partial charge on any atom is 0.384 e. The summed E-state index contributed by atoms with van der Waals surface area (Å²) in [6, 6.07) is 23.8. The first-order valence-electron chi connectivity index (χ1n) is 14.3. The molecule has 0 radical (unpaired) electrons. The van der Waals surface area contributed by atoms with Crippen LogP contribution in [0.15, 0.2) is 72.8 Å². The normalized spacial score (nSPS) is 13.8. The highest BCUT2D eigenvalue weighted by molar-refractivity contribution is 5.94. The van der Waals surface area contributed by atoms with Crippen LogP contribution in [0.3, 0.4) is 0 Å². The summed E-state index contributed by atoms with van der Waals surface area (Å²) < 4.78 is 9.87. The van der Waals surface area contributed by atoms with Crippen molar-refractivity contribution in [2.75, 3.05) is 33.9 Å². The molecule has 0 saturated carbocycles. The van der Waals surface area contributed by atoms with E-state index in [4.69, 9.17) is 4.74 Å². The van der Waals surface area contributed by atoms with E-state index in [2.05, 4.69) is 71.7 Å². The third kappa shape index (κ3) is 8.45. The molecular weight excluding hydrogens is 512 g/mol. The maximum atomic E-state index is 13.9. The molecule has 6 heteroatoms. The van der Waals surface area contributed by atoms with Crippen molar-refractivity contribution in [2.45, 2.75) is 45.7 Å². The van der Waals surface area contributed by atoms with Gasteiger partial charge in [-0.3, -0.25) is 4.79 Å². The minimum absolute atomic E-state index is 0.0114. The first-order chi connectivity index (χ1) is 19.9. The van der Waals surface area contributed by atoms with Crippen molar-refractivity contribution in [3.05, 3.63) is 89.5 Å². The molecule has 41 heavy (non-hydrogen) atoms. The maximum absolute atomic E-state index is 13.9. The second-order valence-corrected chi connectivity index (χ2v) is 10.9. The first kappa shape index (κ1) is 29.9. The summed E-state index contributed by atoms with van der Waals surface area (Å²) in [6.45, 7) is 8.18. The molecule has 3 aromatic rings. The Morgan fingerprint density at radius 1 is 0.902 bits per heavy atom. The van der Waals surface area contributed by atoms with Crippen LogP contribution in [0.25, 0.3) is 11.1 Å². The van der Waals surface area contributed by atoms with E-state index in [1.807, 2.05) is 17.0 Å². The fraction of sp³-hybridized carbons (Fsp3) is 0.371. The van der Waals surface area contributed by atoms with Crippen molar-refractivity contribution >= 4 is 11.9 Å². The van der Waals surface area contributed by atoms with Crippen LogP contribution in [-0.4, -0.2) is 61.6 Å². The standard InChI is InChI=1S/C35H40N2O4/c1-26(2)19-22-36-23-20-32(21-24-36)37(35(39)31-12-5-27(6-13-31)9-18-34(38)41-4)25-28-7-10-29(11-8-28)30-14-16-33(40-3)17-15-30/h5-8,10-17,26,32H,19-25H2,1-4H3. The Labute approximate surface area is 244 Å². The number of carbonyl (C=O) groups is 2. The predicted octanol–water partition coefficient (Wildman–Crippen LogP) is 6.04. The summed E-state index contributed by atoms with van der Waals surface area (Å²) in [5, 5.41) is 0. The third-order valence-corrected chi connectivity index (χ3v) is 7.64. The number of amides is 1. The van der Waals surface area contributed by atoms with Gasteiger partial charge in [-0.15, -0.1) is 0 Å². The number of piperidine rings is 1. The number of hydrogen-bond acceptors (Lipinski definition) is 5.